The van der Waals surface area contributed by atoms with E-state index in [1.807, 2.05) is 24.3 Å². The smallest absolute Gasteiger partial charge is 0.343 e. The number of ether oxygens (including phenoxy) is 5. The van der Waals surface area contributed by atoms with Gasteiger partial charge in [-0.15, -0.1) is 0 Å². The molecule has 3 aromatic carbocycles. The lowest BCUT2D eigenvalue weighted by Gasteiger charge is -2.18. The highest BCUT2D eigenvalue weighted by molar-refractivity contribution is 6.15. The summed E-state index contributed by atoms with van der Waals surface area (Å²) in [6.45, 7) is 8.19. The van der Waals surface area contributed by atoms with Gasteiger partial charge in [0, 0.05) is 5.56 Å². The lowest BCUT2D eigenvalue weighted by molar-refractivity contribution is 0.0732. The Hall–Kier alpha value is -4.26. The van der Waals surface area contributed by atoms with Crippen molar-refractivity contribution < 1.29 is 33.3 Å². The van der Waals surface area contributed by atoms with Crippen LogP contribution in [0.3, 0.4) is 0 Å². The molecule has 0 fully saturated rings. The Bertz CT molecular complexity index is 1370. The fourth-order valence-electron chi connectivity index (χ4n) is 4.07. The maximum Gasteiger partial charge on any atom is 0.343 e. The van der Waals surface area contributed by atoms with E-state index in [0.29, 0.717) is 34.1 Å². The number of carbonyl (C=O) groups excluding carboxylic acids is 2. The minimum absolute atomic E-state index is 0.0363. The molecule has 0 radical (unpaired) electrons. The van der Waals surface area contributed by atoms with E-state index >= 15 is 0 Å². The molecule has 37 heavy (non-hydrogen) atoms. The first-order valence-electron chi connectivity index (χ1n) is 11.8. The van der Waals surface area contributed by atoms with Crippen LogP contribution in [0.2, 0.25) is 0 Å². The number of Topliss-reactive ketones (excluding diaryl/α,β-unsaturated/α-hetero) is 1. The molecule has 0 saturated heterocycles. The molecule has 0 N–H and O–H groups in total. The van der Waals surface area contributed by atoms with Crippen LogP contribution in [-0.4, -0.2) is 33.1 Å². The fraction of sp³-hybridized carbons (Fsp3) is 0.267. The Morgan fingerprint density at radius 3 is 2.03 bits per heavy atom. The Morgan fingerprint density at radius 2 is 1.49 bits per heavy atom. The summed E-state index contributed by atoms with van der Waals surface area (Å²) in [7, 11) is 4.42. The van der Waals surface area contributed by atoms with E-state index in [1.54, 1.807) is 25.1 Å². The molecule has 0 unspecified atom stereocenters. The van der Waals surface area contributed by atoms with Crippen molar-refractivity contribution in [1.82, 2.24) is 0 Å². The van der Waals surface area contributed by atoms with Gasteiger partial charge in [0.25, 0.3) is 0 Å². The molecule has 7 nitrogen and oxygen atoms in total. The molecule has 0 atom stereocenters. The molecule has 0 saturated carbocycles. The zero-order valence-electron chi connectivity index (χ0n) is 22.1. The zero-order chi connectivity index (χ0) is 26.9. The van der Waals surface area contributed by atoms with Crippen LogP contribution in [0.25, 0.3) is 6.08 Å². The lowest BCUT2D eigenvalue weighted by atomic mass is 9.86. The third-order valence-corrected chi connectivity index (χ3v) is 6.21. The molecule has 0 aliphatic carbocycles. The monoisotopic (exact) mass is 502 g/mol. The molecule has 1 aliphatic rings. The van der Waals surface area contributed by atoms with Crippen molar-refractivity contribution in [1.29, 1.82) is 0 Å². The average Bonchev–Trinajstić information content (AvgIpc) is 3.20. The number of allylic oxidation sites excluding steroid dienone is 1. The quantitative estimate of drug-likeness (QED) is 0.227. The third-order valence-electron chi connectivity index (χ3n) is 6.21. The molecule has 1 aliphatic heterocycles. The van der Waals surface area contributed by atoms with Crippen LogP contribution in [0.1, 0.15) is 58.2 Å². The first kappa shape index (κ1) is 25.8. The number of ketones is 1. The number of carbonyl (C=O) groups is 2. The maximum absolute atomic E-state index is 13.0. The highest BCUT2D eigenvalue weighted by Crippen LogP contribution is 2.41. The van der Waals surface area contributed by atoms with Crippen LogP contribution in [-0.2, 0) is 5.41 Å². The van der Waals surface area contributed by atoms with E-state index < -0.39 is 5.97 Å². The molecule has 3 aromatic rings. The summed E-state index contributed by atoms with van der Waals surface area (Å²) in [4.78, 5) is 26.0. The summed E-state index contributed by atoms with van der Waals surface area (Å²) < 4.78 is 27.6. The van der Waals surface area contributed by atoms with Crippen molar-refractivity contribution in [3.8, 4) is 28.7 Å². The topological polar surface area (TPSA) is 80.3 Å². The van der Waals surface area contributed by atoms with Gasteiger partial charge in [0.2, 0.25) is 11.5 Å². The largest absolute Gasteiger partial charge is 0.493 e. The zero-order valence-corrected chi connectivity index (χ0v) is 22.1. The predicted octanol–water partition coefficient (Wildman–Crippen LogP) is 6.15. The van der Waals surface area contributed by atoms with Crippen LogP contribution in [0.5, 0.6) is 28.7 Å². The summed E-state index contributed by atoms with van der Waals surface area (Å²) in [5.74, 6) is 1.06. The molecule has 0 bridgehead atoms. The minimum atomic E-state index is -0.624. The van der Waals surface area contributed by atoms with E-state index in [4.69, 9.17) is 23.7 Å². The van der Waals surface area contributed by atoms with Gasteiger partial charge in [-0.25, -0.2) is 4.79 Å². The lowest BCUT2D eigenvalue weighted by Crippen LogP contribution is -2.10. The first-order valence-corrected chi connectivity index (χ1v) is 11.8. The first-order chi connectivity index (χ1) is 17.6. The molecule has 1 heterocycles. The van der Waals surface area contributed by atoms with Gasteiger partial charge in [-0.05, 0) is 53.8 Å². The number of hydrogen-bond donors (Lipinski definition) is 0. The third kappa shape index (κ3) is 5.03. The van der Waals surface area contributed by atoms with E-state index in [1.165, 1.54) is 39.0 Å². The van der Waals surface area contributed by atoms with E-state index in [9.17, 15) is 9.59 Å². The molecule has 4 rings (SSSR count). The highest BCUT2D eigenvalue weighted by atomic mass is 16.5. The van der Waals surface area contributed by atoms with Crippen molar-refractivity contribution >= 4 is 17.8 Å². The molecule has 192 valence electrons. The van der Waals surface area contributed by atoms with E-state index in [2.05, 4.69) is 20.8 Å². The molecule has 0 spiro atoms. The number of esters is 1. The SMILES string of the molecule is COc1cc(C(=O)Oc2ccc3c(c2C)O/C(=C\c2ccc(C(C)(C)C)cc2)C3=O)cc(OC)c1OC. The van der Waals surface area contributed by atoms with Gasteiger partial charge in [0.05, 0.1) is 32.5 Å². The second kappa shape index (κ2) is 10.0. The van der Waals surface area contributed by atoms with Crippen molar-refractivity contribution in [2.75, 3.05) is 21.3 Å². The minimum Gasteiger partial charge on any atom is -0.493 e. The number of rotatable bonds is 6. The van der Waals surface area contributed by atoms with E-state index in [-0.39, 0.29) is 28.3 Å². The van der Waals surface area contributed by atoms with Gasteiger partial charge < -0.3 is 23.7 Å². The summed E-state index contributed by atoms with van der Waals surface area (Å²) in [5.41, 5.74) is 3.27. The second-order valence-corrected chi connectivity index (χ2v) is 9.68. The van der Waals surface area contributed by atoms with Crippen LogP contribution in [0.15, 0.2) is 54.3 Å². The molecule has 7 heteroatoms. The fourth-order valence-corrected chi connectivity index (χ4v) is 4.07. The second-order valence-electron chi connectivity index (χ2n) is 9.68. The highest BCUT2D eigenvalue weighted by Gasteiger charge is 2.31. The van der Waals surface area contributed by atoms with Gasteiger partial charge in [0.1, 0.15) is 11.5 Å². The van der Waals surface area contributed by atoms with Gasteiger partial charge >= 0.3 is 5.97 Å². The van der Waals surface area contributed by atoms with Crippen LogP contribution in [0, 0.1) is 6.92 Å². The standard InChI is InChI=1S/C30H30O7/c1-17-22(37-29(32)19-15-24(33-5)28(35-7)25(16-19)34-6)13-12-21-26(31)23(36-27(17)21)14-18-8-10-20(11-9-18)30(2,3)4/h8-16H,1-7H3/b23-14-. The number of hydrogen-bond acceptors (Lipinski definition) is 7. The Balaban J connectivity index is 1.59. The summed E-state index contributed by atoms with van der Waals surface area (Å²) in [6.07, 6.45) is 1.72. The number of methoxy groups -OCH3 is 3. The Kier molecular flexibility index (Phi) is 6.99. The van der Waals surface area contributed by atoms with Gasteiger partial charge in [-0.2, -0.15) is 0 Å². The normalized spacial score (nSPS) is 13.7. The summed E-state index contributed by atoms with van der Waals surface area (Å²) in [5, 5.41) is 0. The number of benzene rings is 3. The van der Waals surface area contributed by atoms with Gasteiger partial charge in [0.15, 0.2) is 17.3 Å². The Labute approximate surface area is 216 Å². The Morgan fingerprint density at radius 1 is 0.865 bits per heavy atom. The molecular formula is C30H30O7. The van der Waals surface area contributed by atoms with Crippen molar-refractivity contribution in [3.05, 3.63) is 82.1 Å². The maximum atomic E-state index is 13.0. The molecular weight excluding hydrogens is 472 g/mol. The predicted molar refractivity (Wildman–Crippen MR) is 140 cm³/mol. The molecule has 0 amide bonds. The summed E-state index contributed by atoms with van der Waals surface area (Å²) >= 11 is 0. The molecule has 0 aromatic heterocycles. The van der Waals surface area contributed by atoms with Crippen LogP contribution in [0.4, 0.5) is 0 Å². The van der Waals surface area contributed by atoms with Crippen LogP contribution < -0.4 is 23.7 Å². The van der Waals surface area contributed by atoms with Gasteiger partial charge in [-0.3, -0.25) is 4.79 Å². The number of fused-ring (bicyclic) bond motifs is 1. The van der Waals surface area contributed by atoms with Gasteiger partial charge in [-0.1, -0.05) is 45.0 Å². The van der Waals surface area contributed by atoms with Crippen molar-refractivity contribution in [2.24, 2.45) is 0 Å². The van der Waals surface area contributed by atoms with E-state index in [0.717, 1.165) is 5.56 Å². The summed E-state index contributed by atoms with van der Waals surface area (Å²) in [6, 6.07) is 14.2. The average molecular weight is 503 g/mol. The van der Waals surface area contributed by atoms with Crippen molar-refractivity contribution in [2.45, 2.75) is 33.1 Å². The van der Waals surface area contributed by atoms with Crippen LogP contribution >= 0.6 is 0 Å². The van der Waals surface area contributed by atoms with Crippen molar-refractivity contribution in [3.63, 3.8) is 0 Å².